The number of nitrogens with one attached hydrogen (secondary N) is 1. The smallest absolute Gasteiger partial charge is 0.409 e. The summed E-state index contributed by atoms with van der Waals surface area (Å²) >= 11 is 6.58. The van der Waals surface area contributed by atoms with Gasteiger partial charge >= 0.3 is 6.09 Å². The third-order valence-electron chi connectivity index (χ3n) is 7.98. The van der Waals surface area contributed by atoms with Gasteiger partial charge in [-0.05, 0) is 38.0 Å². The molecule has 4 bridgehead atoms. The zero-order valence-corrected chi connectivity index (χ0v) is 23.8. The van der Waals surface area contributed by atoms with Crippen LogP contribution in [0.1, 0.15) is 39.2 Å². The number of anilines is 1. The second-order valence-corrected chi connectivity index (χ2v) is 11.2. The molecule has 1 aromatic carbocycles. The molecule has 2 fully saturated rings. The lowest BCUT2D eigenvalue weighted by Gasteiger charge is -2.42. The predicted molar refractivity (Wildman–Crippen MR) is 145 cm³/mol. The van der Waals surface area contributed by atoms with Crippen molar-refractivity contribution < 1.29 is 38.7 Å². The number of aliphatic hydroxyl groups is 2. The molecule has 0 spiro atoms. The van der Waals surface area contributed by atoms with Crippen molar-refractivity contribution in [3.05, 3.63) is 46.5 Å². The Labute approximate surface area is 233 Å². The molecular weight excluding hydrogens is 528 g/mol. The van der Waals surface area contributed by atoms with E-state index in [0.717, 1.165) is 11.1 Å². The predicted octanol–water partition coefficient (Wildman–Crippen LogP) is 3.12. The third-order valence-corrected chi connectivity index (χ3v) is 8.36. The Hall–Kier alpha value is -2.63. The second kappa shape index (κ2) is 11.1. The molecule has 7 atom stereocenters. The Morgan fingerprint density at radius 3 is 2.64 bits per heavy atom. The summed E-state index contributed by atoms with van der Waals surface area (Å²) in [6, 6.07) is 3.63. The lowest BCUT2D eigenvalue weighted by molar-refractivity contribution is -0.142. The number of carbonyl (C=O) groups excluding carboxylic acids is 2. The first kappa shape index (κ1) is 29.4. The van der Waals surface area contributed by atoms with Crippen LogP contribution in [0.15, 0.2) is 35.9 Å². The maximum atomic E-state index is 13.3. The molecule has 2 amide bonds. The Morgan fingerprint density at radius 1 is 1.26 bits per heavy atom. The molecule has 3 aliphatic heterocycles. The molecule has 2 saturated heterocycles. The minimum Gasteiger partial charge on any atom is -0.495 e. The van der Waals surface area contributed by atoms with Gasteiger partial charge in [0.2, 0.25) is 5.91 Å². The maximum Gasteiger partial charge on any atom is 0.409 e. The maximum absolute atomic E-state index is 13.3. The van der Waals surface area contributed by atoms with Crippen molar-refractivity contribution in [3.63, 3.8) is 0 Å². The van der Waals surface area contributed by atoms with Crippen molar-refractivity contribution >= 4 is 29.3 Å². The number of allylic oxidation sites excluding steroid dienone is 3. The highest BCUT2D eigenvalue weighted by molar-refractivity contribution is 6.35. The van der Waals surface area contributed by atoms with Gasteiger partial charge in [-0.25, -0.2) is 4.79 Å². The van der Waals surface area contributed by atoms with Crippen LogP contribution in [0.5, 0.6) is 5.75 Å². The van der Waals surface area contributed by atoms with Gasteiger partial charge in [0.25, 0.3) is 0 Å². The van der Waals surface area contributed by atoms with E-state index in [0.29, 0.717) is 17.9 Å². The highest BCUT2D eigenvalue weighted by atomic mass is 35.5. The van der Waals surface area contributed by atoms with Crippen molar-refractivity contribution in [1.82, 2.24) is 5.32 Å². The Balaban J connectivity index is 1.74. The number of ether oxygens (including phenoxy) is 4. The quantitative estimate of drug-likeness (QED) is 0.467. The van der Waals surface area contributed by atoms with E-state index >= 15 is 0 Å². The van der Waals surface area contributed by atoms with Crippen LogP contribution in [0.3, 0.4) is 0 Å². The van der Waals surface area contributed by atoms with Crippen LogP contribution >= 0.6 is 11.6 Å². The number of hydrogen-bond donors (Lipinski definition) is 3. The van der Waals surface area contributed by atoms with Gasteiger partial charge in [0.1, 0.15) is 28.6 Å². The molecule has 39 heavy (non-hydrogen) atoms. The number of amides is 2. The van der Waals surface area contributed by atoms with Crippen LogP contribution in [0.4, 0.5) is 10.5 Å². The number of carbonyl (C=O) groups is 2. The van der Waals surface area contributed by atoms with Crippen molar-refractivity contribution in [2.75, 3.05) is 26.2 Å². The van der Waals surface area contributed by atoms with Crippen LogP contribution < -0.4 is 15.0 Å². The number of alkyl carbamates (subject to hydrolysis) is 1. The zero-order valence-electron chi connectivity index (χ0n) is 23.1. The number of aliphatic hydroxyl groups excluding tert-OH is 1. The third kappa shape index (κ3) is 5.81. The molecule has 0 aliphatic carbocycles. The average Bonchev–Trinajstić information content (AvgIpc) is 3.58. The fourth-order valence-corrected chi connectivity index (χ4v) is 5.78. The first-order valence-electron chi connectivity index (χ1n) is 12.9. The SMILES string of the molecule is COc1cc2cc(c1Cl)N(C)C(=O)C[C@H](O)[C@]1(C)O[C@@H]1[C@H](C)[C@H]1C[C@@](O)(NC(=O)O1)[C@@H](OC)/C=C/C=C(\C)C2. The summed E-state index contributed by atoms with van der Waals surface area (Å²) in [4.78, 5) is 27.1. The number of nitrogens with zero attached hydrogens (tertiary/aromatic N) is 1. The van der Waals surface area contributed by atoms with Gasteiger partial charge in [0.15, 0.2) is 5.72 Å². The molecule has 11 heteroatoms. The molecule has 3 aliphatic rings. The van der Waals surface area contributed by atoms with Crippen molar-refractivity contribution in [2.45, 2.75) is 75.8 Å². The average molecular weight is 565 g/mol. The van der Waals surface area contributed by atoms with Crippen LogP contribution in [-0.2, 0) is 25.4 Å². The number of rotatable bonds is 2. The molecule has 10 nitrogen and oxygen atoms in total. The van der Waals surface area contributed by atoms with E-state index < -0.39 is 47.8 Å². The monoisotopic (exact) mass is 564 g/mol. The summed E-state index contributed by atoms with van der Waals surface area (Å²) in [5.74, 6) is -0.323. The van der Waals surface area contributed by atoms with E-state index in [1.807, 2.05) is 32.1 Å². The van der Waals surface area contributed by atoms with Gasteiger partial charge in [-0.3, -0.25) is 10.1 Å². The van der Waals surface area contributed by atoms with E-state index in [9.17, 15) is 19.8 Å². The number of fused-ring (bicyclic) bond motifs is 5. The zero-order chi connectivity index (χ0) is 28.7. The minimum absolute atomic E-state index is 0.0310. The Kier molecular flexibility index (Phi) is 8.35. The molecule has 0 aromatic heterocycles. The van der Waals surface area contributed by atoms with E-state index in [2.05, 4.69) is 5.32 Å². The second-order valence-electron chi connectivity index (χ2n) is 10.8. The van der Waals surface area contributed by atoms with E-state index in [-0.39, 0.29) is 23.8 Å². The number of halogens is 1. The fraction of sp³-hybridized carbons (Fsp3) is 0.571. The molecule has 0 saturated carbocycles. The normalized spacial score (nSPS) is 37.6. The van der Waals surface area contributed by atoms with Crippen LogP contribution in [0.2, 0.25) is 5.02 Å². The molecule has 4 rings (SSSR count). The van der Waals surface area contributed by atoms with E-state index in [1.165, 1.54) is 19.1 Å². The largest absolute Gasteiger partial charge is 0.495 e. The van der Waals surface area contributed by atoms with Crippen molar-refractivity contribution in [2.24, 2.45) is 5.92 Å². The Morgan fingerprint density at radius 2 is 1.97 bits per heavy atom. The fourth-order valence-electron chi connectivity index (χ4n) is 5.46. The van der Waals surface area contributed by atoms with Crippen LogP contribution in [-0.4, -0.2) is 79.2 Å². The Bertz CT molecular complexity index is 1190. The summed E-state index contributed by atoms with van der Waals surface area (Å²) in [5.41, 5.74) is -0.479. The minimum atomic E-state index is -1.73. The summed E-state index contributed by atoms with van der Waals surface area (Å²) in [6.45, 7) is 5.48. The van der Waals surface area contributed by atoms with Crippen LogP contribution in [0.25, 0.3) is 0 Å². The lowest BCUT2D eigenvalue weighted by Crippen LogP contribution is -2.63. The summed E-state index contributed by atoms with van der Waals surface area (Å²) in [6.07, 6.45) is 1.63. The van der Waals surface area contributed by atoms with Gasteiger partial charge in [-0.1, -0.05) is 42.3 Å². The van der Waals surface area contributed by atoms with Crippen molar-refractivity contribution in [3.8, 4) is 5.75 Å². The highest BCUT2D eigenvalue weighted by Crippen LogP contribution is 2.48. The summed E-state index contributed by atoms with van der Waals surface area (Å²) in [5, 5.41) is 25.3. The number of hydrogen-bond acceptors (Lipinski definition) is 8. The lowest BCUT2D eigenvalue weighted by atomic mass is 9.84. The van der Waals surface area contributed by atoms with E-state index in [1.54, 1.807) is 26.1 Å². The molecule has 0 radical (unpaired) electrons. The van der Waals surface area contributed by atoms with Gasteiger partial charge in [-0.15, -0.1) is 0 Å². The topological polar surface area (TPSA) is 130 Å². The molecular formula is C28H37ClN2O8. The molecule has 214 valence electrons. The first-order valence-corrected chi connectivity index (χ1v) is 13.3. The molecule has 0 unspecified atom stereocenters. The first-order chi connectivity index (χ1) is 18.3. The number of methoxy groups -OCH3 is 2. The van der Waals surface area contributed by atoms with Gasteiger partial charge in [0.05, 0.1) is 31.4 Å². The van der Waals surface area contributed by atoms with Gasteiger partial charge in [0, 0.05) is 26.5 Å². The van der Waals surface area contributed by atoms with Crippen molar-refractivity contribution in [1.29, 1.82) is 0 Å². The number of epoxide rings is 1. The molecule has 3 heterocycles. The van der Waals surface area contributed by atoms with E-state index in [4.69, 9.17) is 30.5 Å². The molecule has 3 N–H and O–H groups in total. The standard InChI is InChI=1S/C28H37ClN2O8/c1-15-8-7-9-22(37-6)28(35)14-20(38-26(34)30-28)16(2)25-27(3,39-25)21(32)13-23(33)31(4)18-11-17(10-15)12-19(36-5)24(18)29/h7-9,11-12,16,20-22,25,32,35H,10,13-14H2,1-6H3,(H,30,34)/b9-7+,15-8+/t16-,20-,21+,22+,25-,27+,28+/m1/s1. The summed E-state index contributed by atoms with van der Waals surface area (Å²) < 4.78 is 22.4. The molecule has 1 aromatic rings. The number of benzene rings is 1. The highest BCUT2D eigenvalue weighted by Gasteiger charge is 2.62. The van der Waals surface area contributed by atoms with Gasteiger partial charge in [-0.2, -0.15) is 0 Å². The summed E-state index contributed by atoms with van der Waals surface area (Å²) in [7, 11) is 4.56. The van der Waals surface area contributed by atoms with Crippen LogP contribution in [0, 0.1) is 5.92 Å². The van der Waals surface area contributed by atoms with Gasteiger partial charge < -0.3 is 34.1 Å².